The van der Waals surface area contributed by atoms with Crippen LogP contribution in [0.4, 0.5) is 0 Å². The van der Waals surface area contributed by atoms with Crippen molar-refractivity contribution >= 4 is 11.8 Å². The molecular formula is C16H21NO2S. The van der Waals surface area contributed by atoms with Crippen molar-refractivity contribution in [3.63, 3.8) is 0 Å². The van der Waals surface area contributed by atoms with Gasteiger partial charge in [-0.25, -0.2) is 0 Å². The van der Waals surface area contributed by atoms with Crippen LogP contribution in [-0.2, 0) is 6.54 Å². The average molecular weight is 291 g/mol. The van der Waals surface area contributed by atoms with Crippen LogP contribution in [0.25, 0.3) is 11.3 Å². The summed E-state index contributed by atoms with van der Waals surface area (Å²) >= 11 is 1.86. The first kappa shape index (κ1) is 15.2. The zero-order valence-electron chi connectivity index (χ0n) is 11.5. The Morgan fingerprint density at radius 1 is 1.05 bits per heavy atom. The second kappa shape index (κ2) is 8.84. The van der Waals surface area contributed by atoms with E-state index in [1.807, 2.05) is 54.2 Å². The third kappa shape index (κ3) is 5.04. The van der Waals surface area contributed by atoms with Gasteiger partial charge in [0.15, 0.2) is 0 Å². The number of rotatable bonds is 9. The van der Waals surface area contributed by atoms with Gasteiger partial charge in [-0.3, -0.25) is 0 Å². The van der Waals surface area contributed by atoms with Crippen LogP contribution in [0.2, 0.25) is 0 Å². The summed E-state index contributed by atoms with van der Waals surface area (Å²) in [6.45, 7) is 2.00. The summed E-state index contributed by atoms with van der Waals surface area (Å²) in [7, 11) is 0. The molecule has 0 spiro atoms. The Kier molecular flexibility index (Phi) is 6.71. The molecule has 20 heavy (non-hydrogen) atoms. The van der Waals surface area contributed by atoms with Gasteiger partial charge in [0, 0.05) is 24.5 Å². The fourth-order valence-corrected chi connectivity index (χ4v) is 2.68. The lowest BCUT2D eigenvalue weighted by atomic mass is 10.2. The van der Waals surface area contributed by atoms with E-state index in [9.17, 15) is 0 Å². The van der Waals surface area contributed by atoms with Crippen molar-refractivity contribution in [2.45, 2.75) is 13.0 Å². The molecule has 0 fully saturated rings. The van der Waals surface area contributed by atoms with Crippen LogP contribution in [-0.4, -0.2) is 29.8 Å². The Morgan fingerprint density at radius 3 is 2.70 bits per heavy atom. The van der Waals surface area contributed by atoms with E-state index in [4.69, 9.17) is 9.52 Å². The molecule has 0 atom stereocenters. The fourth-order valence-electron chi connectivity index (χ4n) is 1.86. The third-order valence-corrected chi connectivity index (χ3v) is 3.96. The predicted octanol–water partition coefficient (Wildman–Crippen LogP) is 3.15. The molecule has 0 radical (unpaired) electrons. The van der Waals surface area contributed by atoms with Crippen LogP contribution in [0.1, 0.15) is 12.2 Å². The minimum atomic E-state index is 0.287. The molecule has 0 aliphatic carbocycles. The zero-order chi connectivity index (χ0) is 14.0. The van der Waals surface area contributed by atoms with Crippen LogP contribution < -0.4 is 5.32 Å². The second-order valence-electron chi connectivity index (χ2n) is 4.50. The van der Waals surface area contributed by atoms with Gasteiger partial charge in [0.25, 0.3) is 0 Å². The number of hydrogen-bond acceptors (Lipinski definition) is 4. The SMILES string of the molecule is OCCCSCCNCc1ccc(-c2ccccc2)o1. The van der Waals surface area contributed by atoms with Crippen LogP contribution in [0, 0.1) is 0 Å². The van der Waals surface area contributed by atoms with E-state index in [0.717, 1.165) is 48.1 Å². The highest BCUT2D eigenvalue weighted by Gasteiger charge is 2.03. The highest BCUT2D eigenvalue weighted by atomic mass is 32.2. The van der Waals surface area contributed by atoms with Crippen LogP contribution in [0.5, 0.6) is 0 Å². The van der Waals surface area contributed by atoms with Gasteiger partial charge < -0.3 is 14.8 Å². The molecule has 1 aromatic heterocycles. The number of benzene rings is 1. The Bertz CT molecular complexity index is 484. The van der Waals surface area contributed by atoms with Gasteiger partial charge in [0.1, 0.15) is 11.5 Å². The van der Waals surface area contributed by atoms with Gasteiger partial charge in [-0.1, -0.05) is 30.3 Å². The zero-order valence-corrected chi connectivity index (χ0v) is 12.4. The first-order valence-electron chi connectivity index (χ1n) is 6.93. The Labute approximate surface area is 124 Å². The van der Waals surface area contributed by atoms with Gasteiger partial charge in [-0.05, 0) is 24.3 Å². The van der Waals surface area contributed by atoms with E-state index < -0.39 is 0 Å². The molecule has 108 valence electrons. The van der Waals surface area contributed by atoms with E-state index >= 15 is 0 Å². The number of nitrogens with one attached hydrogen (secondary N) is 1. The molecule has 0 saturated heterocycles. The van der Waals surface area contributed by atoms with E-state index in [-0.39, 0.29) is 6.61 Å². The maximum atomic E-state index is 8.67. The van der Waals surface area contributed by atoms with Crippen molar-refractivity contribution in [3.8, 4) is 11.3 Å². The highest BCUT2D eigenvalue weighted by molar-refractivity contribution is 7.99. The molecule has 2 rings (SSSR count). The summed E-state index contributed by atoms with van der Waals surface area (Å²) in [5, 5.41) is 12.0. The van der Waals surface area contributed by atoms with Crippen molar-refractivity contribution in [1.82, 2.24) is 5.32 Å². The summed E-state index contributed by atoms with van der Waals surface area (Å²) in [4.78, 5) is 0. The topological polar surface area (TPSA) is 45.4 Å². The van der Waals surface area contributed by atoms with Crippen molar-refractivity contribution < 1.29 is 9.52 Å². The maximum absolute atomic E-state index is 8.67. The van der Waals surface area contributed by atoms with Crippen LogP contribution in [0.3, 0.4) is 0 Å². The molecule has 1 heterocycles. The molecule has 2 N–H and O–H groups in total. The molecule has 0 aliphatic heterocycles. The molecule has 1 aromatic carbocycles. The monoisotopic (exact) mass is 291 g/mol. The lowest BCUT2D eigenvalue weighted by Crippen LogP contribution is -2.16. The number of hydrogen-bond donors (Lipinski definition) is 2. The summed E-state index contributed by atoms with van der Waals surface area (Å²) < 4.78 is 5.81. The van der Waals surface area contributed by atoms with Gasteiger partial charge in [-0.2, -0.15) is 11.8 Å². The summed E-state index contributed by atoms with van der Waals surface area (Å²) in [6.07, 6.45) is 0.878. The molecule has 4 heteroatoms. The molecule has 0 saturated carbocycles. The maximum Gasteiger partial charge on any atom is 0.134 e. The van der Waals surface area contributed by atoms with Gasteiger partial charge in [0.2, 0.25) is 0 Å². The number of aliphatic hydroxyl groups is 1. The van der Waals surface area contributed by atoms with Gasteiger partial charge in [-0.15, -0.1) is 0 Å². The van der Waals surface area contributed by atoms with Gasteiger partial charge in [0.05, 0.1) is 6.54 Å². The number of thioether (sulfide) groups is 1. The fraction of sp³-hybridized carbons (Fsp3) is 0.375. The number of aliphatic hydroxyl groups excluding tert-OH is 1. The lowest BCUT2D eigenvalue weighted by Gasteiger charge is -2.02. The number of furan rings is 1. The molecule has 3 nitrogen and oxygen atoms in total. The van der Waals surface area contributed by atoms with E-state index in [0.29, 0.717) is 0 Å². The normalized spacial score (nSPS) is 10.8. The van der Waals surface area contributed by atoms with Crippen LogP contribution >= 0.6 is 11.8 Å². The second-order valence-corrected chi connectivity index (χ2v) is 5.72. The van der Waals surface area contributed by atoms with E-state index in [1.54, 1.807) is 0 Å². The molecule has 0 aliphatic rings. The smallest absolute Gasteiger partial charge is 0.134 e. The van der Waals surface area contributed by atoms with E-state index in [1.165, 1.54) is 0 Å². The average Bonchev–Trinajstić information content (AvgIpc) is 2.96. The lowest BCUT2D eigenvalue weighted by molar-refractivity contribution is 0.296. The van der Waals surface area contributed by atoms with E-state index in [2.05, 4.69) is 5.32 Å². The first-order valence-corrected chi connectivity index (χ1v) is 8.09. The molecule has 2 aromatic rings. The highest BCUT2D eigenvalue weighted by Crippen LogP contribution is 2.21. The Balaban J connectivity index is 1.69. The minimum absolute atomic E-state index is 0.287. The Hall–Kier alpha value is -1.23. The van der Waals surface area contributed by atoms with Crippen molar-refractivity contribution in [2.24, 2.45) is 0 Å². The third-order valence-electron chi connectivity index (χ3n) is 2.89. The molecule has 0 unspecified atom stereocenters. The van der Waals surface area contributed by atoms with Gasteiger partial charge >= 0.3 is 0 Å². The predicted molar refractivity (Wildman–Crippen MR) is 84.9 cm³/mol. The summed E-state index contributed by atoms with van der Waals surface area (Å²) in [5.74, 6) is 3.97. The minimum Gasteiger partial charge on any atom is -0.460 e. The first-order chi connectivity index (χ1) is 9.90. The van der Waals surface area contributed by atoms with Crippen molar-refractivity contribution in [3.05, 3.63) is 48.2 Å². The van der Waals surface area contributed by atoms with Crippen molar-refractivity contribution in [1.29, 1.82) is 0 Å². The molecular weight excluding hydrogens is 270 g/mol. The summed E-state index contributed by atoms with van der Waals surface area (Å²) in [5.41, 5.74) is 1.11. The van der Waals surface area contributed by atoms with Crippen LogP contribution in [0.15, 0.2) is 46.9 Å². The quantitative estimate of drug-likeness (QED) is 0.697. The van der Waals surface area contributed by atoms with Crippen molar-refractivity contribution in [2.75, 3.05) is 24.7 Å². The molecule has 0 amide bonds. The Morgan fingerprint density at radius 2 is 1.90 bits per heavy atom. The summed E-state index contributed by atoms with van der Waals surface area (Å²) in [6, 6.07) is 14.2. The molecule has 0 bridgehead atoms. The largest absolute Gasteiger partial charge is 0.460 e. The standard InChI is InChI=1S/C16H21NO2S/c18-10-4-11-20-12-9-17-13-15-7-8-16(19-15)14-5-2-1-3-6-14/h1-3,5-8,17-18H,4,9-13H2.